The molecule has 4 bridgehead atoms. The molecular weight excluding hydrogens is 416 g/mol. The Morgan fingerprint density at radius 2 is 1.68 bits per heavy atom. The number of benzene rings is 1. The van der Waals surface area contributed by atoms with Gasteiger partial charge < -0.3 is 10.2 Å². The average molecular weight is 463 g/mol. The third kappa shape index (κ3) is 2.90. The molecule has 2 heteroatoms. The maximum atomic E-state index is 12.0. The Kier molecular flexibility index (Phi) is 4.90. The first-order valence-electron chi connectivity index (χ1n) is 14.9. The molecule has 0 radical (unpaired) electrons. The lowest BCUT2D eigenvalue weighted by Crippen LogP contribution is -2.49. The molecule has 6 atom stereocenters. The van der Waals surface area contributed by atoms with Gasteiger partial charge in [-0.3, -0.25) is 0 Å². The minimum Gasteiger partial charge on any atom is -0.507 e. The van der Waals surface area contributed by atoms with Gasteiger partial charge in [-0.2, -0.15) is 0 Å². The Bertz CT molecular complexity index is 958. The molecule has 2 nitrogen and oxygen atoms in total. The van der Waals surface area contributed by atoms with Crippen molar-refractivity contribution in [2.24, 2.45) is 35.0 Å². The summed E-state index contributed by atoms with van der Waals surface area (Å²) in [6, 6.07) is 2.59. The normalized spacial score (nSPS) is 47.2. The standard InChI is InChI=1S/C32H46O2/c1-4-18(2)29-24-6-5-23-22(9-10-31(3)26(23)7-8-28(31)33)25(24)14-27(30(29)34)32-15-19-11-20(16-32)13-21(12-19)17-32/h14,18-23,26,28,33-34H,4-13,15-17H2,1-3H3/t18?,19?,20?,21?,22?,23?,26?,28-,31+,32?/m1/s1. The van der Waals surface area contributed by atoms with E-state index in [-0.39, 0.29) is 16.9 Å². The highest BCUT2D eigenvalue weighted by Crippen LogP contribution is 2.65. The highest BCUT2D eigenvalue weighted by molar-refractivity contribution is 5.57. The second kappa shape index (κ2) is 7.50. The molecule has 8 rings (SSSR count). The number of phenolic OH excluding ortho intramolecular Hbond substituents is 1. The average Bonchev–Trinajstić information content (AvgIpc) is 3.11. The molecule has 0 saturated heterocycles. The van der Waals surface area contributed by atoms with Crippen molar-refractivity contribution in [1.29, 1.82) is 0 Å². The van der Waals surface area contributed by atoms with E-state index in [0.717, 1.165) is 42.9 Å². The smallest absolute Gasteiger partial charge is 0.123 e. The Hall–Kier alpha value is -1.02. The molecule has 1 aromatic rings. The lowest BCUT2D eigenvalue weighted by Gasteiger charge is -2.57. The predicted molar refractivity (Wildman–Crippen MR) is 137 cm³/mol. The maximum absolute atomic E-state index is 12.0. The fraction of sp³-hybridized carbons (Fsp3) is 0.812. The molecule has 0 aromatic heterocycles. The number of aliphatic hydroxyl groups is 1. The molecule has 1 aromatic carbocycles. The van der Waals surface area contributed by atoms with E-state index in [1.54, 1.807) is 5.56 Å². The summed E-state index contributed by atoms with van der Waals surface area (Å²) in [4.78, 5) is 0. The summed E-state index contributed by atoms with van der Waals surface area (Å²) in [7, 11) is 0. The predicted octanol–water partition coefficient (Wildman–Crippen LogP) is 7.59. The second-order valence-corrected chi connectivity index (χ2v) is 14.3. The molecule has 0 heterocycles. The molecule has 6 fully saturated rings. The number of rotatable bonds is 3. The molecule has 2 N–H and O–H groups in total. The molecule has 0 aliphatic heterocycles. The topological polar surface area (TPSA) is 40.5 Å². The molecular formula is C32H46O2. The van der Waals surface area contributed by atoms with Gasteiger partial charge in [0.2, 0.25) is 0 Å². The van der Waals surface area contributed by atoms with Crippen molar-refractivity contribution in [2.45, 2.75) is 128 Å². The van der Waals surface area contributed by atoms with E-state index in [1.165, 1.54) is 80.9 Å². The van der Waals surface area contributed by atoms with Crippen molar-refractivity contribution in [1.82, 2.24) is 0 Å². The Balaban J connectivity index is 1.36. The summed E-state index contributed by atoms with van der Waals surface area (Å²) in [5, 5.41) is 22.9. The van der Waals surface area contributed by atoms with E-state index in [2.05, 4.69) is 26.8 Å². The highest BCUT2D eigenvalue weighted by atomic mass is 16.3. The summed E-state index contributed by atoms with van der Waals surface area (Å²) in [5.41, 5.74) is 6.26. The first-order valence-corrected chi connectivity index (χ1v) is 14.9. The van der Waals surface area contributed by atoms with Gasteiger partial charge in [-0.1, -0.05) is 26.8 Å². The van der Waals surface area contributed by atoms with Crippen LogP contribution in [0.3, 0.4) is 0 Å². The molecule has 186 valence electrons. The van der Waals surface area contributed by atoms with Crippen LogP contribution in [0.15, 0.2) is 6.07 Å². The lowest BCUT2D eigenvalue weighted by atomic mass is 9.47. The van der Waals surface area contributed by atoms with E-state index in [0.29, 0.717) is 23.5 Å². The maximum Gasteiger partial charge on any atom is 0.123 e. The van der Waals surface area contributed by atoms with Crippen LogP contribution in [0.4, 0.5) is 0 Å². The van der Waals surface area contributed by atoms with Gasteiger partial charge in [0.25, 0.3) is 0 Å². The zero-order valence-corrected chi connectivity index (χ0v) is 21.8. The van der Waals surface area contributed by atoms with Gasteiger partial charge in [0.05, 0.1) is 6.10 Å². The summed E-state index contributed by atoms with van der Waals surface area (Å²) >= 11 is 0. The monoisotopic (exact) mass is 462 g/mol. The fourth-order valence-corrected chi connectivity index (χ4v) is 11.3. The van der Waals surface area contributed by atoms with Gasteiger partial charge in [-0.05, 0) is 147 Å². The summed E-state index contributed by atoms with van der Waals surface area (Å²) in [5.74, 6) is 5.89. The fourth-order valence-electron chi connectivity index (χ4n) is 11.3. The van der Waals surface area contributed by atoms with Crippen molar-refractivity contribution in [3.8, 4) is 5.75 Å². The van der Waals surface area contributed by atoms with Crippen LogP contribution in [0, 0.1) is 35.0 Å². The van der Waals surface area contributed by atoms with Crippen LogP contribution >= 0.6 is 0 Å². The van der Waals surface area contributed by atoms with Crippen LogP contribution < -0.4 is 0 Å². The first kappa shape index (κ1) is 22.2. The van der Waals surface area contributed by atoms with Crippen LogP contribution in [0.5, 0.6) is 5.75 Å². The van der Waals surface area contributed by atoms with Crippen LogP contribution in [-0.4, -0.2) is 16.3 Å². The largest absolute Gasteiger partial charge is 0.507 e. The van der Waals surface area contributed by atoms with Gasteiger partial charge in [-0.15, -0.1) is 0 Å². The van der Waals surface area contributed by atoms with E-state index in [4.69, 9.17) is 0 Å². The molecule has 4 unspecified atom stereocenters. The Morgan fingerprint density at radius 3 is 2.32 bits per heavy atom. The van der Waals surface area contributed by atoms with Gasteiger partial charge in [-0.25, -0.2) is 0 Å². The van der Waals surface area contributed by atoms with E-state index >= 15 is 0 Å². The van der Waals surface area contributed by atoms with Crippen molar-refractivity contribution in [2.75, 3.05) is 0 Å². The number of hydrogen-bond donors (Lipinski definition) is 2. The van der Waals surface area contributed by atoms with Gasteiger partial charge in [0.15, 0.2) is 0 Å². The lowest BCUT2D eigenvalue weighted by molar-refractivity contribution is -0.0229. The van der Waals surface area contributed by atoms with Crippen LogP contribution in [-0.2, 0) is 11.8 Å². The van der Waals surface area contributed by atoms with Gasteiger partial charge in [0.1, 0.15) is 5.75 Å². The number of hydrogen-bond acceptors (Lipinski definition) is 2. The summed E-state index contributed by atoms with van der Waals surface area (Å²) in [6.07, 6.45) is 16.4. The molecule has 7 aliphatic carbocycles. The van der Waals surface area contributed by atoms with E-state index < -0.39 is 0 Å². The van der Waals surface area contributed by atoms with Gasteiger partial charge in [0, 0.05) is 11.1 Å². The number of aliphatic hydroxyl groups excluding tert-OH is 1. The van der Waals surface area contributed by atoms with E-state index in [1.807, 2.05) is 0 Å². The first-order chi connectivity index (χ1) is 16.3. The van der Waals surface area contributed by atoms with Gasteiger partial charge >= 0.3 is 0 Å². The second-order valence-electron chi connectivity index (χ2n) is 14.3. The minimum atomic E-state index is -0.0991. The zero-order valence-electron chi connectivity index (χ0n) is 21.8. The highest BCUT2D eigenvalue weighted by Gasteiger charge is 2.56. The molecule has 0 spiro atoms. The van der Waals surface area contributed by atoms with Crippen LogP contribution in [0.2, 0.25) is 0 Å². The quantitative estimate of drug-likeness (QED) is 0.486. The van der Waals surface area contributed by atoms with Crippen molar-refractivity contribution < 1.29 is 10.2 Å². The SMILES string of the molecule is CCC(C)c1c(O)c(C23CC4CC(CC(C4)C2)C3)cc2c1CCC1C2CC[C@@]2(C)C1CC[C@H]2O. The van der Waals surface area contributed by atoms with Crippen LogP contribution in [0.25, 0.3) is 0 Å². The van der Waals surface area contributed by atoms with Crippen molar-refractivity contribution in [3.63, 3.8) is 0 Å². The number of fused-ring (bicyclic) bond motifs is 5. The third-order valence-corrected chi connectivity index (χ3v) is 12.7. The van der Waals surface area contributed by atoms with E-state index in [9.17, 15) is 10.2 Å². The molecule has 7 aliphatic rings. The molecule has 34 heavy (non-hydrogen) atoms. The summed E-state index contributed by atoms with van der Waals surface area (Å²) in [6.45, 7) is 7.05. The Labute approximate surface area is 206 Å². The number of phenols is 1. The Morgan fingerprint density at radius 1 is 1.00 bits per heavy atom. The zero-order chi connectivity index (χ0) is 23.4. The van der Waals surface area contributed by atoms with Crippen molar-refractivity contribution >= 4 is 0 Å². The van der Waals surface area contributed by atoms with Crippen molar-refractivity contribution in [3.05, 3.63) is 28.3 Å². The molecule has 0 amide bonds. The third-order valence-electron chi connectivity index (χ3n) is 12.7. The summed E-state index contributed by atoms with van der Waals surface area (Å²) < 4.78 is 0. The van der Waals surface area contributed by atoms with Crippen LogP contribution in [0.1, 0.15) is 132 Å². The minimum absolute atomic E-state index is 0.0991. The number of aromatic hydroxyl groups is 1. The molecule has 6 saturated carbocycles.